The Morgan fingerprint density at radius 1 is 1.00 bits per heavy atom. The highest BCUT2D eigenvalue weighted by atomic mass is 17.2. The third-order valence-corrected chi connectivity index (χ3v) is 2.18. The molecule has 0 radical (unpaired) electrons. The molecule has 0 amide bonds. The van der Waals surface area contributed by atoms with E-state index in [0.717, 1.165) is 0 Å². The molecule has 0 atom stereocenters. The largest absolute Gasteiger partial charge is 0.496 e. The van der Waals surface area contributed by atoms with Crippen molar-refractivity contribution >= 4 is 5.97 Å². The topological polar surface area (TPSA) is 63.2 Å². The van der Waals surface area contributed by atoms with Crippen LogP contribution in [0, 0.1) is 0 Å². The lowest BCUT2D eigenvalue weighted by molar-refractivity contribution is -0.237. The maximum absolute atomic E-state index is 11.7. The molecule has 0 aliphatic rings. The predicted octanol–water partition coefficient (Wildman–Crippen LogP) is 1.82. The van der Waals surface area contributed by atoms with Crippen LogP contribution in [0.15, 0.2) is 12.1 Å². The van der Waals surface area contributed by atoms with Crippen LogP contribution in [-0.2, 0) is 9.78 Å². The van der Waals surface area contributed by atoms with Crippen LogP contribution in [0.1, 0.15) is 17.3 Å². The molecule has 1 aromatic carbocycles. The molecule has 0 spiro atoms. The van der Waals surface area contributed by atoms with E-state index in [4.69, 9.17) is 14.2 Å². The van der Waals surface area contributed by atoms with Gasteiger partial charge in [0, 0.05) is 12.1 Å². The van der Waals surface area contributed by atoms with Crippen LogP contribution in [0.25, 0.3) is 0 Å². The highest BCUT2D eigenvalue weighted by molar-refractivity contribution is 5.93. The first-order valence-electron chi connectivity index (χ1n) is 5.31. The Bertz CT molecular complexity index is 415. The van der Waals surface area contributed by atoms with Crippen molar-refractivity contribution in [1.29, 1.82) is 0 Å². The fourth-order valence-electron chi connectivity index (χ4n) is 1.35. The number of methoxy groups -OCH3 is 3. The van der Waals surface area contributed by atoms with Crippen LogP contribution in [0.4, 0.5) is 0 Å². The summed E-state index contributed by atoms with van der Waals surface area (Å²) < 4.78 is 15.3. The molecule has 0 saturated carbocycles. The Morgan fingerprint density at radius 3 is 2.06 bits per heavy atom. The second-order valence-corrected chi connectivity index (χ2v) is 3.18. The summed E-state index contributed by atoms with van der Waals surface area (Å²) in [4.78, 5) is 20.9. The molecule has 1 rings (SSSR count). The van der Waals surface area contributed by atoms with E-state index in [1.54, 1.807) is 13.0 Å². The van der Waals surface area contributed by atoms with Crippen LogP contribution < -0.4 is 14.2 Å². The molecule has 0 fully saturated rings. The molecule has 1 aromatic rings. The van der Waals surface area contributed by atoms with E-state index in [2.05, 4.69) is 9.78 Å². The summed E-state index contributed by atoms with van der Waals surface area (Å²) in [6.07, 6.45) is 0. The van der Waals surface area contributed by atoms with Gasteiger partial charge in [-0.15, -0.1) is 0 Å². The standard InChI is InChI=1S/C12H16O6/c1-5-17-18-12(13)8-6-10(15-3)11(16-4)7-9(8)14-2/h6-7H,5H2,1-4H3. The Kier molecular flexibility index (Phi) is 5.26. The minimum atomic E-state index is -0.658. The maximum atomic E-state index is 11.7. The number of hydrogen-bond acceptors (Lipinski definition) is 6. The zero-order chi connectivity index (χ0) is 13.5. The van der Waals surface area contributed by atoms with Gasteiger partial charge in [0.25, 0.3) is 0 Å². The molecule has 18 heavy (non-hydrogen) atoms. The predicted molar refractivity (Wildman–Crippen MR) is 63.1 cm³/mol. The first-order valence-corrected chi connectivity index (χ1v) is 5.31. The average molecular weight is 256 g/mol. The van der Waals surface area contributed by atoms with Gasteiger partial charge in [0.2, 0.25) is 0 Å². The summed E-state index contributed by atoms with van der Waals surface area (Å²) in [5, 5.41) is 0. The van der Waals surface area contributed by atoms with E-state index < -0.39 is 5.97 Å². The van der Waals surface area contributed by atoms with Crippen LogP contribution in [-0.4, -0.2) is 33.9 Å². The van der Waals surface area contributed by atoms with E-state index in [0.29, 0.717) is 17.2 Å². The van der Waals surface area contributed by atoms with Crippen molar-refractivity contribution in [2.45, 2.75) is 6.92 Å². The SMILES string of the molecule is CCOOC(=O)c1cc(OC)c(OC)cc1OC. The Hall–Kier alpha value is -1.95. The van der Waals surface area contributed by atoms with Gasteiger partial charge in [-0.05, 0) is 6.92 Å². The maximum Gasteiger partial charge on any atom is 0.376 e. The van der Waals surface area contributed by atoms with Crippen LogP contribution in [0.2, 0.25) is 0 Å². The first kappa shape index (κ1) is 14.1. The van der Waals surface area contributed by atoms with Gasteiger partial charge >= 0.3 is 5.97 Å². The van der Waals surface area contributed by atoms with Gasteiger partial charge in [0.15, 0.2) is 11.5 Å². The van der Waals surface area contributed by atoms with Crippen molar-refractivity contribution in [3.8, 4) is 17.2 Å². The van der Waals surface area contributed by atoms with Crippen molar-refractivity contribution in [3.63, 3.8) is 0 Å². The summed E-state index contributed by atoms with van der Waals surface area (Å²) in [6.45, 7) is 1.97. The molecule has 0 heterocycles. The van der Waals surface area contributed by atoms with Crippen molar-refractivity contribution in [3.05, 3.63) is 17.7 Å². The number of rotatable bonds is 6. The molecule has 100 valence electrons. The number of carbonyl (C=O) groups excluding carboxylic acids is 1. The van der Waals surface area contributed by atoms with Gasteiger partial charge in [0.1, 0.15) is 11.3 Å². The number of hydrogen-bond donors (Lipinski definition) is 0. The lowest BCUT2D eigenvalue weighted by Crippen LogP contribution is -2.08. The zero-order valence-corrected chi connectivity index (χ0v) is 10.8. The monoisotopic (exact) mass is 256 g/mol. The minimum absolute atomic E-state index is 0.198. The molecule has 0 saturated heterocycles. The van der Waals surface area contributed by atoms with Gasteiger partial charge < -0.3 is 14.2 Å². The zero-order valence-electron chi connectivity index (χ0n) is 10.8. The van der Waals surface area contributed by atoms with Crippen molar-refractivity contribution in [2.24, 2.45) is 0 Å². The second-order valence-electron chi connectivity index (χ2n) is 3.18. The van der Waals surface area contributed by atoms with Gasteiger partial charge in [0.05, 0.1) is 27.9 Å². The number of carbonyl (C=O) groups is 1. The van der Waals surface area contributed by atoms with Gasteiger partial charge in [-0.2, -0.15) is 4.89 Å². The quantitative estimate of drug-likeness (QED) is 0.571. The summed E-state index contributed by atoms with van der Waals surface area (Å²) in [7, 11) is 4.41. The molecule has 0 N–H and O–H groups in total. The van der Waals surface area contributed by atoms with E-state index >= 15 is 0 Å². The summed E-state index contributed by atoms with van der Waals surface area (Å²) in [5.74, 6) is 0.524. The lowest BCUT2D eigenvalue weighted by Gasteiger charge is -2.12. The van der Waals surface area contributed by atoms with Gasteiger partial charge in [-0.3, -0.25) is 4.89 Å². The van der Waals surface area contributed by atoms with Crippen molar-refractivity contribution < 1.29 is 28.8 Å². The van der Waals surface area contributed by atoms with Crippen LogP contribution in [0.3, 0.4) is 0 Å². The molecule has 6 nitrogen and oxygen atoms in total. The minimum Gasteiger partial charge on any atom is -0.496 e. The molecule has 6 heteroatoms. The summed E-state index contributed by atoms with van der Waals surface area (Å²) >= 11 is 0. The summed E-state index contributed by atoms with van der Waals surface area (Å²) in [6, 6.07) is 3.01. The van der Waals surface area contributed by atoms with Crippen LogP contribution >= 0.6 is 0 Å². The molecule has 0 aliphatic heterocycles. The number of ether oxygens (including phenoxy) is 3. The highest BCUT2D eigenvalue weighted by Gasteiger charge is 2.19. The Balaban J connectivity index is 3.12. The number of benzene rings is 1. The molecule has 0 unspecified atom stereocenters. The van der Waals surface area contributed by atoms with E-state index in [1.807, 2.05) is 0 Å². The summed E-state index contributed by atoms with van der Waals surface area (Å²) in [5.41, 5.74) is 0.198. The first-order chi connectivity index (χ1) is 8.67. The normalized spacial score (nSPS) is 9.78. The molecule has 0 aromatic heterocycles. The van der Waals surface area contributed by atoms with Gasteiger partial charge in [-0.1, -0.05) is 0 Å². The van der Waals surface area contributed by atoms with Gasteiger partial charge in [-0.25, -0.2) is 4.79 Å². The second kappa shape index (κ2) is 6.70. The molecular weight excluding hydrogens is 240 g/mol. The Morgan fingerprint density at radius 2 is 1.56 bits per heavy atom. The fraction of sp³-hybridized carbons (Fsp3) is 0.417. The van der Waals surface area contributed by atoms with Crippen molar-refractivity contribution in [2.75, 3.05) is 27.9 Å². The van der Waals surface area contributed by atoms with E-state index in [1.165, 1.54) is 27.4 Å². The smallest absolute Gasteiger partial charge is 0.376 e. The van der Waals surface area contributed by atoms with E-state index in [-0.39, 0.29) is 12.2 Å². The Labute approximate surface area is 105 Å². The highest BCUT2D eigenvalue weighted by Crippen LogP contribution is 2.34. The molecule has 0 aliphatic carbocycles. The van der Waals surface area contributed by atoms with Crippen LogP contribution in [0.5, 0.6) is 17.2 Å². The molecular formula is C12H16O6. The van der Waals surface area contributed by atoms with E-state index in [9.17, 15) is 4.79 Å². The van der Waals surface area contributed by atoms with Crippen molar-refractivity contribution in [1.82, 2.24) is 0 Å². The average Bonchev–Trinajstić information content (AvgIpc) is 2.42. The third kappa shape index (κ3) is 3.04. The lowest BCUT2D eigenvalue weighted by atomic mass is 10.1. The third-order valence-electron chi connectivity index (χ3n) is 2.18. The fourth-order valence-corrected chi connectivity index (χ4v) is 1.35. The molecule has 0 bridgehead atoms.